The number of hydroxylamine groups is 3. The van der Waals surface area contributed by atoms with E-state index < -0.39 is 28.4 Å². The van der Waals surface area contributed by atoms with Gasteiger partial charge in [0.2, 0.25) is 5.91 Å². The summed E-state index contributed by atoms with van der Waals surface area (Å²) in [5, 5.41) is 22.3. The lowest BCUT2D eigenvalue weighted by atomic mass is 9.98. The molecule has 3 aliphatic rings. The molecule has 2 saturated heterocycles. The molecule has 8 heteroatoms. The molecule has 4 rings (SSSR count). The SMILES string of the molecule is O=C1CCC([N+]2([O-])Cc3c(NCC4CCNCC4)cccc3C2=O)C(=O)N1. The highest BCUT2D eigenvalue weighted by Gasteiger charge is 2.50. The highest BCUT2D eigenvalue weighted by Crippen LogP contribution is 2.38. The van der Waals surface area contributed by atoms with Gasteiger partial charge in [0, 0.05) is 30.6 Å². The first-order chi connectivity index (χ1) is 13.0. The Balaban J connectivity index is 1.54. The number of nitrogens with zero attached hydrogens (tertiary/aromatic N) is 1. The maximum Gasteiger partial charge on any atom is 0.347 e. The van der Waals surface area contributed by atoms with Crippen LogP contribution in [0.4, 0.5) is 5.69 Å². The quantitative estimate of drug-likeness (QED) is 0.411. The fourth-order valence-electron chi connectivity index (χ4n) is 4.31. The third-order valence-electron chi connectivity index (χ3n) is 5.90. The normalized spacial score (nSPS) is 28.8. The molecule has 2 fully saturated rings. The van der Waals surface area contributed by atoms with Crippen molar-refractivity contribution in [2.45, 2.75) is 38.3 Å². The number of amides is 3. The van der Waals surface area contributed by atoms with Gasteiger partial charge < -0.3 is 15.8 Å². The number of carbonyl (C=O) groups excluding carboxylic acids is 3. The highest BCUT2D eigenvalue weighted by molar-refractivity contribution is 6.02. The zero-order chi connectivity index (χ0) is 19.0. The summed E-state index contributed by atoms with van der Waals surface area (Å²) in [4.78, 5) is 36.4. The van der Waals surface area contributed by atoms with Crippen molar-refractivity contribution in [1.82, 2.24) is 10.6 Å². The maximum absolute atomic E-state index is 13.4. The van der Waals surface area contributed by atoms with E-state index in [1.165, 1.54) is 0 Å². The molecule has 2 atom stereocenters. The Morgan fingerprint density at radius 1 is 1.15 bits per heavy atom. The number of imide groups is 1. The summed E-state index contributed by atoms with van der Waals surface area (Å²) in [6.07, 6.45) is 2.38. The lowest BCUT2D eigenvalue weighted by Gasteiger charge is -2.42. The Bertz CT molecular complexity index is 790. The van der Waals surface area contributed by atoms with Crippen LogP contribution in [0.3, 0.4) is 0 Å². The molecule has 0 aromatic heterocycles. The van der Waals surface area contributed by atoms with E-state index in [0.717, 1.165) is 38.2 Å². The minimum Gasteiger partial charge on any atom is -0.624 e. The number of nitrogens with one attached hydrogen (secondary N) is 3. The first-order valence-corrected chi connectivity index (χ1v) is 9.53. The number of rotatable bonds is 4. The molecule has 3 aliphatic heterocycles. The van der Waals surface area contributed by atoms with Crippen LogP contribution in [0.1, 0.15) is 41.6 Å². The average molecular weight is 372 g/mol. The minimum absolute atomic E-state index is 0.0736. The molecule has 1 aromatic rings. The van der Waals surface area contributed by atoms with Crippen LogP contribution in [0.15, 0.2) is 18.2 Å². The molecule has 0 radical (unpaired) electrons. The minimum atomic E-state index is -1.24. The van der Waals surface area contributed by atoms with Gasteiger partial charge in [-0.15, -0.1) is 0 Å². The second kappa shape index (κ2) is 7.03. The van der Waals surface area contributed by atoms with Gasteiger partial charge in [-0.2, -0.15) is 0 Å². The van der Waals surface area contributed by atoms with Crippen molar-refractivity contribution in [3.63, 3.8) is 0 Å². The van der Waals surface area contributed by atoms with Gasteiger partial charge in [-0.25, -0.2) is 4.79 Å². The van der Waals surface area contributed by atoms with Gasteiger partial charge in [-0.05, 0) is 44.0 Å². The second-order valence-electron chi connectivity index (χ2n) is 7.63. The van der Waals surface area contributed by atoms with E-state index in [4.69, 9.17) is 0 Å². The van der Waals surface area contributed by atoms with E-state index in [1.807, 2.05) is 6.07 Å². The number of fused-ring (bicyclic) bond motifs is 1. The number of quaternary nitrogens is 1. The van der Waals surface area contributed by atoms with Crippen molar-refractivity contribution in [2.24, 2.45) is 5.92 Å². The molecule has 3 heterocycles. The predicted molar refractivity (Wildman–Crippen MR) is 98.4 cm³/mol. The highest BCUT2D eigenvalue weighted by atomic mass is 16.6. The van der Waals surface area contributed by atoms with Crippen LogP contribution in [-0.4, -0.2) is 48.0 Å². The van der Waals surface area contributed by atoms with Crippen LogP contribution in [0, 0.1) is 11.1 Å². The number of anilines is 1. The van der Waals surface area contributed by atoms with Gasteiger partial charge in [0.15, 0.2) is 6.04 Å². The third kappa shape index (κ3) is 3.24. The van der Waals surface area contributed by atoms with E-state index in [9.17, 15) is 19.6 Å². The molecule has 8 nitrogen and oxygen atoms in total. The van der Waals surface area contributed by atoms with Crippen LogP contribution in [0.5, 0.6) is 0 Å². The van der Waals surface area contributed by atoms with Gasteiger partial charge in [-0.1, -0.05) is 6.07 Å². The van der Waals surface area contributed by atoms with Gasteiger partial charge in [0.05, 0.1) is 5.56 Å². The molecule has 1 aromatic carbocycles. The first-order valence-electron chi connectivity index (χ1n) is 9.53. The molecular formula is C19H24N4O4. The van der Waals surface area contributed by atoms with Crippen molar-refractivity contribution >= 4 is 23.4 Å². The number of benzene rings is 1. The zero-order valence-corrected chi connectivity index (χ0v) is 15.1. The lowest BCUT2D eigenvalue weighted by Crippen LogP contribution is -2.60. The van der Waals surface area contributed by atoms with E-state index in [2.05, 4.69) is 16.0 Å². The van der Waals surface area contributed by atoms with E-state index in [1.54, 1.807) is 12.1 Å². The van der Waals surface area contributed by atoms with Crippen molar-refractivity contribution < 1.29 is 19.0 Å². The Labute approximate surface area is 157 Å². The van der Waals surface area contributed by atoms with E-state index in [0.29, 0.717) is 17.0 Å². The molecule has 27 heavy (non-hydrogen) atoms. The Morgan fingerprint density at radius 2 is 1.93 bits per heavy atom. The monoisotopic (exact) mass is 372 g/mol. The lowest BCUT2D eigenvalue weighted by molar-refractivity contribution is -0.825. The van der Waals surface area contributed by atoms with Crippen molar-refractivity contribution in [3.8, 4) is 0 Å². The smallest absolute Gasteiger partial charge is 0.347 e. The van der Waals surface area contributed by atoms with Crippen LogP contribution >= 0.6 is 0 Å². The third-order valence-corrected chi connectivity index (χ3v) is 5.90. The second-order valence-corrected chi connectivity index (χ2v) is 7.63. The summed E-state index contributed by atoms with van der Waals surface area (Å²) in [7, 11) is 0. The fraction of sp³-hybridized carbons (Fsp3) is 0.526. The molecule has 2 unspecified atom stereocenters. The summed E-state index contributed by atoms with van der Waals surface area (Å²) in [5.74, 6) is -1.08. The molecule has 144 valence electrons. The van der Waals surface area contributed by atoms with Gasteiger partial charge >= 0.3 is 5.91 Å². The number of carbonyl (C=O) groups is 3. The summed E-state index contributed by atoms with van der Waals surface area (Å²) in [5.41, 5.74) is 1.85. The van der Waals surface area contributed by atoms with E-state index >= 15 is 0 Å². The summed E-state index contributed by atoms with van der Waals surface area (Å²) in [6, 6.07) is 4.23. The van der Waals surface area contributed by atoms with Crippen molar-refractivity contribution in [2.75, 3.05) is 25.0 Å². The molecular weight excluding hydrogens is 348 g/mol. The Kier molecular flexibility index (Phi) is 4.71. The van der Waals surface area contributed by atoms with Crippen LogP contribution < -0.4 is 16.0 Å². The van der Waals surface area contributed by atoms with E-state index in [-0.39, 0.29) is 19.4 Å². The topological polar surface area (TPSA) is 110 Å². The molecule has 0 bridgehead atoms. The summed E-state index contributed by atoms with van der Waals surface area (Å²) in [6.45, 7) is 2.74. The van der Waals surface area contributed by atoms with Crippen molar-refractivity contribution in [3.05, 3.63) is 34.5 Å². The Hall–Kier alpha value is -2.29. The maximum atomic E-state index is 13.4. The van der Waals surface area contributed by atoms with Crippen LogP contribution in [-0.2, 0) is 16.1 Å². The molecule has 0 spiro atoms. The Morgan fingerprint density at radius 3 is 2.67 bits per heavy atom. The van der Waals surface area contributed by atoms with Gasteiger partial charge in [-0.3, -0.25) is 19.6 Å². The largest absolute Gasteiger partial charge is 0.624 e. The van der Waals surface area contributed by atoms with Crippen LogP contribution in [0.25, 0.3) is 0 Å². The van der Waals surface area contributed by atoms with Gasteiger partial charge in [0.1, 0.15) is 6.54 Å². The first kappa shape index (κ1) is 18.1. The molecule has 3 amide bonds. The predicted octanol–water partition coefficient (Wildman–Crippen LogP) is 0.872. The van der Waals surface area contributed by atoms with Crippen molar-refractivity contribution in [1.29, 1.82) is 0 Å². The summed E-state index contributed by atoms with van der Waals surface area (Å²) >= 11 is 0. The fourth-order valence-corrected chi connectivity index (χ4v) is 4.31. The number of hydrogen-bond donors (Lipinski definition) is 3. The zero-order valence-electron chi connectivity index (χ0n) is 15.1. The molecule has 3 N–H and O–H groups in total. The number of hydrogen-bond acceptors (Lipinski definition) is 6. The number of piperidine rings is 2. The standard InChI is InChI=1S/C19H24N4O4/c24-17-5-4-16(18(25)22-17)23(27)11-14-13(19(23)26)2-1-3-15(14)21-10-12-6-8-20-9-7-12/h1-3,12,16,20-21H,4-11H2,(H,22,24,25). The summed E-state index contributed by atoms with van der Waals surface area (Å²) < 4.78 is -1.24. The molecule has 0 saturated carbocycles. The molecule has 0 aliphatic carbocycles. The average Bonchev–Trinajstić information content (AvgIpc) is 2.93. The van der Waals surface area contributed by atoms with Crippen LogP contribution in [0.2, 0.25) is 0 Å². The van der Waals surface area contributed by atoms with Gasteiger partial charge in [0.25, 0.3) is 5.91 Å².